The van der Waals surface area contributed by atoms with Crippen LogP contribution in [0.3, 0.4) is 0 Å². The van der Waals surface area contributed by atoms with Gasteiger partial charge in [-0.25, -0.2) is 4.98 Å². The van der Waals surface area contributed by atoms with Crippen LogP contribution in [0.2, 0.25) is 0 Å². The zero-order valence-electron chi connectivity index (χ0n) is 10.3. The van der Waals surface area contributed by atoms with E-state index in [1.165, 1.54) is 0 Å². The normalized spacial score (nSPS) is 12.7. The molecule has 0 atom stereocenters. The van der Waals surface area contributed by atoms with Gasteiger partial charge in [-0.3, -0.25) is 0 Å². The Morgan fingerprint density at radius 2 is 1.89 bits per heavy atom. The summed E-state index contributed by atoms with van der Waals surface area (Å²) in [6.45, 7) is 2.02. The van der Waals surface area contributed by atoms with Gasteiger partial charge in [0.2, 0.25) is 5.88 Å². The zero-order chi connectivity index (χ0) is 12.5. The summed E-state index contributed by atoms with van der Waals surface area (Å²) in [6, 6.07) is 11.6. The smallest absolute Gasteiger partial charge is 0.213 e. The van der Waals surface area contributed by atoms with E-state index < -0.39 is 0 Å². The molecule has 2 aromatic rings. The summed E-state index contributed by atoms with van der Waals surface area (Å²) in [5.41, 5.74) is 2.95. The first-order chi connectivity index (χ1) is 8.78. The monoisotopic (exact) mass is 239 g/mol. The van der Waals surface area contributed by atoms with Crippen molar-refractivity contribution in [2.24, 2.45) is 0 Å². The maximum atomic E-state index is 5.90. The van der Waals surface area contributed by atoms with E-state index >= 15 is 0 Å². The van der Waals surface area contributed by atoms with Gasteiger partial charge in [-0.1, -0.05) is 18.2 Å². The van der Waals surface area contributed by atoms with E-state index in [4.69, 9.17) is 9.47 Å². The van der Waals surface area contributed by atoms with Crippen molar-refractivity contribution in [1.29, 1.82) is 0 Å². The number of aromatic nitrogens is 1. The van der Waals surface area contributed by atoms with Gasteiger partial charge in [-0.15, -0.1) is 0 Å². The maximum absolute atomic E-state index is 5.90. The van der Waals surface area contributed by atoms with E-state index in [9.17, 15) is 0 Å². The number of para-hydroxylation sites is 1. The van der Waals surface area contributed by atoms with Gasteiger partial charge < -0.3 is 9.47 Å². The molecule has 0 bridgehead atoms. The summed E-state index contributed by atoms with van der Waals surface area (Å²) in [4.78, 5) is 4.44. The van der Waals surface area contributed by atoms with E-state index in [-0.39, 0.29) is 0 Å². The highest BCUT2D eigenvalue weighted by Gasteiger charge is 2.15. The summed E-state index contributed by atoms with van der Waals surface area (Å²) in [5.74, 6) is 2.20. The van der Waals surface area contributed by atoms with Crippen LogP contribution in [0.1, 0.15) is 18.2 Å². The van der Waals surface area contributed by atoms with Crippen LogP contribution in [-0.4, -0.2) is 12.1 Å². The molecule has 0 saturated carbocycles. The fraction of sp³-hybridized carbons (Fsp3) is 0.133. The van der Waals surface area contributed by atoms with Gasteiger partial charge in [0.25, 0.3) is 0 Å². The molecule has 0 unspecified atom stereocenters. The van der Waals surface area contributed by atoms with Crippen molar-refractivity contribution in [3.63, 3.8) is 0 Å². The van der Waals surface area contributed by atoms with Gasteiger partial charge in [0.1, 0.15) is 11.4 Å². The molecule has 0 amide bonds. The average molecular weight is 239 g/mol. The average Bonchev–Trinajstić information content (AvgIpc) is 2.54. The molecule has 3 rings (SSSR count). The molecule has 0 fully saturated rings. The third kappa shape index (κ3) is 1.74. The Morgan fingerprint density at radius 3 is 2.72 bits per heavy atom. The van der Waals surface area contributed by atoms with Crippen LogP contribution in [0.15, 0.2) is 36.4 Å². The Balaban J connectivity index is 2.19. The molecule has 0 N–H and O–H groups in total. The number of nitrogens with zero attached hydrogens (tertiary/aromatic N) is 1. The predicted molar refractivity (Wildman–Crippen MR) is 70.9 cm³/mol. The Hall–Kier alpha value is -2.29. The first-order valence-electron chi connectivity index (χ1n) is 5.78. The molecular weight excluding hydrogens is 226 g/mol. The van der Waals surface area contributed by atoms with Gasteiger partial charge in [0.15, 0.2) is 5.75 Å². The molecule has 3 heteroatoms. The first kappa shape index (κ1) is 10.8. The minimum absolute atomic E-state index is 0.594. The van der Waals surface area contributed by atoms with E-state index in [2.05, 4.69) is 11.1 Å². The Labute approximate surface area is 106 Å². The van der Waals surface area contributed by atoms with Crippen LogP contribution < -0.4 is 9.47 Å². The minimum Gasteiger partial charge on any atom is -0.481 e. The van der Waals surface area contributed by atoms with Crippen LogP contribution >= 0.6 is 0 Å². The number of ether oxygens (including phenoxy) is 2. The lowest BCUT2D eigenvalue weighted by molar-refractivity contribution is 0.394. The summed E-state index contributed by atoms with van der Waals surface area (Å²) in [7, 11) is 1.61. The maximum Gasteiger partial charge on any atom is 0.213 e. The number of hydrogen-bond acceptors (Lipinski definition) is 3. The minimum atomic E-state index is 0.594. The molecule has 0 aliphatic carbocycles. The second kappa shape index (κ2) is 4.18. The number of methoxy groups -OCH3 is 1. The molecule has 0 spiro atoms. The van der Waals surface area contributed by atoms with Crippen molar-refractivity contribution < 1.29 is 9.47 Å². The Morgan fingerprint density at radius 1 is 1.06 bits per heavy atom. The molecule has 18 heavy (non-hydrogen) atoms. The van der Waals surface area contributed by atoms with Crippen molar-refractivity contribution in [1.82, 2.24) is 4.98 Å². The first-order valence-corrected chi connectivity index (χ1v) is 5.78. The molecule has 1 aromatic heterocycles. The molecule has 0 saturated heterocycles. The molecule has 1 aliphatic rings. The van der Waals surface area contributed by atoms with Crippen LogP contribution in [0, 0.1) is 0 Å². The second-order valence-electron chi connectivity index (χ2n) is 4.17. The molecule has 3 nitrogen and oxygen atoms in total. The van der Waals surface area contributed by atoms with Crippen molar-refractivity contribution in [3.05, 3.63) is 47.7 Å². The van der Waals surface area contributed by atoms with E-state index in [0.29, 0.717) is 5.88 Å². The molecule has 2 heterocycles. The lowest BCUT2D eigenvalue weighted by Crippen LogP contribution is -1.94. The van der Waals surface area contributed by atoms with Crippen LogP contribution in [-0.2, 0) is 0 Å². The molecule has 1 aliphatic heterocycles. The second-order valence-corrected chi connectivity index (χ2v) is 4.17. The van der Waals surface area contributed by atoms with E-state index in [1.54, 1.807) is 13.2 Å². The van der Waals surface area contributed by atoms with Gasteiger partial charge in [0, 0.05) is 11.6 Å². The lowest BCUT2D eigenvalue weighted by atomic mass is 10.1. The number of fused-ring (bicyclic) bond motifs is 2. The van der Waals surface area contributed by atoms with Gasteiger partial charge in [-0.05, 0) is 30.7 Å². The van der Waals surface area contributed by atoms with Crippen LogP contribution in [0.4, 0.5) is 0 Å². The van der Waals surface area contributed by atoms with Gasteiger partial charge in [-0.2, -0.15) is 0 Å². The topological polar surface area (TPSA) is 31.4 Å². The summed E-state index contributed by atoms with van der Waals surface area (Å²) >= 11 is 0. The third-order valence-corrected chi connectivity index (χ3v) is 2.93. The van der Waals surface area contributed by atoms with Crippen molar-refractivity contribution >= 4 is 11.6 Å². The number of pyridine rings is 1. The Bertz CT molecular complexity index is 632. The highest BCUT2D eigenvalue weighted by molar-refractivity contribution is 5.84. The standard InChI is InChI=1S/C15H13NO2/c1-10-9-11-5-3-4-6-12(11)18-13-7-8-14(17-2)16-15(10)13/h3-9H,1-2H3. The fourth-order valence-corrected chi connectivity index (χ4v) is 2.02. The molecule has 0 radical (unpaired) electrons. The van der Waals surface area contributed by atoms with Crippen molar-refractivity contribution in [3.8, 4) is 17.4 Å². The summed E-state index contributed by atoms with van der Waals surface area (Å²) < 4.78 is 11.1. The van der Waals surface area contributed by atoms with E-state index in [0.717, 1.165) is 28.3 Å². The van der Waals surface area contributed by atoms with Crippen molar-refractivity contribution in [2.45, 2.75) is 6.92 Å². The molecule has 90 valence electrons. The zero-order valence-corrected chi connectivity index (χ0v) is 10.3. The third-order valence-electron chi connectivity index (χ3n) is 2.93. The molecule has 1 aromatic carbocycles. The van der Waals surface area contributed by atoms with Crippen LogP contribution in [0.25, 0.3) is 11.6 Å². The number of allylic oxidation sites excluding steroid dienone is 1. The molecular formula is C15H13NO2. The Kier molecular flexibility index (Phi) is 2.52. The van der Waals surface area contributed by atoms with Crippen molar-refractivity contribution in [2.75, 3.05) is 7.11 Å². The number of benzene rings is 1. The number of hydrogen-bond donors (Lipinski definition) is 0. The predicted octanol–water partition coefficient (Wildman–Crippen LogP) is 3.76. The lowest BCUT2D eigenvalue weighted by Gasteiger charge is -2.09. The fourth-order valence-electron chi connectivity index (χ4n) is 2.02. The highest BCUT2D eigenvalue weighted by atomic mass is 16.5. The van der Waals surface area contributed by atoms with Crippen LogP contribution in [0.5, 0.6) is 17.4 Å². The summed E-state index contributed by atoms with van der Waals surface area (Å²) in [5, 5.41) is 0. The van der Waals surface area contributed by atoms with E-state index in [1.807, 2.05) is 37.3 Å². The largest absolute Gasteiger partial charge is 0.481 e. The SMILES string of the molecule is COc1ccc2c(n1)C(C)=Cc1ccccc1O2. The number of rotatable bonds is 1. The van der Waals surface area contributed by atoms with Gasteiger partial charge in [0.05, 0.1) is 7.11 Å². The van der Waals surface area contributed by atoms with Gasteiger partial charge >= 0.3 is 0 Å². The summed E-state index contributed by atoms with van der Waals surface area (Å²) in [6.07, 6.45) is 2.08. The highest BCUT2D eigenvalue weighted by Crippen LogP contribution is 2.37. The quantitative estimate of drug-likeness (QED) is 0.759.